The number of sulfone groups is 1. The van der Waals surface area contributed by atoms with Gasteiger partial charge >= 0.3 is 0 Å². The lowest BCUT2D eigenvalue weighted by atomic mass is 10.1. The van der Waals surface area contributed by atoms with E-state index in [1.54, 1.807) is 18.2 Å². The number of nitrogens with one attached hydrogen (secondary N) is 1. The number of hydrogen-bond donors (Lipinski definition) is 1. The number of carbonyl (C=O) groups is 1. The van der Waals surface area contributed by atoms with E-state index in [1.165, 1.54) is 0 Å². The third-order valence-electron chi connectivity index (χ3n) is 3.71. The number of hydrogen-bond acceptors (Lipinski definition) is 3. The summed E-state index contributed by atoms with van der Waals surface area (Å²) in [6.07, 6.45) is 1.38. The van der Waals surface area contributed by atoms with Crippen LogP contribution in [0, 0.1) is 0 Å². The summed E-state index contributed by atoms with van der Waals surface area (Å²) in [6.45, 7) is 0.363. The van der Waals surface area contributed by atoms with Crippen LogP contribution in [0.25, 0.3) is 0 Å². The van der Waals surface area contributed by atoms with E-state index in [1.807, 2.05) is 36.4 Å². The van der Waals surface area contributed by atoms with Crippen LogP contribution in [-0.4, -0.2) is 26.6 Å². The second-order valence-electron chi connectivity index (χ2n) is 5.91. The fourth-order valence-electron chi connectivity index (χ4n) is 2.46. The Balaban J connectivity index is 1.65. The van der Waals surface area contributed by atoms with Gasteiger partial charge in [0.15, 0.2) is 9.84 Å². The van der Waals surface area contributed by atoms with E-state index in [2.05, 4.69) is 5.32 Å². The second-order valence-corrected chi connectivity index (χ2v) is 8.53. The lowest BCUT2D eigenvalue weighted by molar-refractivity contribution is -0.121. The molecule has 0 unspecified atom stereocenters. The average molecular weight is 380 g/mol. The molecule has 0 fully saturated rings. The Labute approximate surface area is 154 Å². The van der Waals surface area contributed by atoms with Crippen LogP contribution in [0.15, 0.2) is 54.6 Å². The van der Waals surface area contributed by atoms with Gasteiger partial charge in [-0.1, -0.05) is 54.1 Å². The van der Waals surface area contributed by atoms with Crippen LogP contribution < -0.4 is 5.32 Å². The smallest absolute Gasteiger partial charge is 0.220 e. The highest BCUT2D eigenvalue weighted by molar-refractivity contribution is 7.90. The fraction of sp³-hybridized carbons (Fsp3) is 0.316. The second kappa shape index (κ2) is 9.59. The number of rotatable bonds is 9. The number of benzene rings is 2. The van der Waals surface area contributed by atoms with Crippen molar-refractivity contribution in [2.24, 2.45) is 0 Å². The molecule has 4 nitrogen and oxygen atoms in total. The SMILES string of the molecule is O=C(CCc1cccc(Cl)c1)NCCCS(=O)(=O)Cc1ccccc1. The Kier molecular flexibility index (Phi) is 7.47. The molecule has 2 rings (SSSR count). The van der Waals surface area contributed by atoms with Crippen molar-refractivity contribution in [2.75, 3.05) is 12.3 Å². The highest BCUT2D eigenvalue weighted by Crippen LogP contribution is 2.12. The molecule has 0 spiro atoms. The largest absolute Gasteiger partial charge is 0.356 e. The zero-order chi connectivity index (χ0) is 18.1. The topological polar surface area (TPSA) is 63.2 Å². The maximum atomic E-state index is 12.1. The summed E-state index contributed by atoms with van der Waals surface area (Å²) >= 11 is 5.91. The van der Waals surface area contributed by atoms with Gasteiger partial charge in [-0.2, -0.15) is 0 Å². The third-order valence-corrected chi connectivity index (χ3v) is 5.63. The summed E-state index contributed by atoms with van der Waals surface area (Å²) < 4.78 is 24.1. The lowest BCUT2D eigenvalue weighted by Crippen LogP contribution is -2.26. The molecule has 0 aliphatic heterocycles. The quantitative estimate of drug-likeness (QED) is 0.679. The maximum absolute atomic E-state index is 12.1. The van der Waals surface area contributed by atoms with Crippen molar-refractivity contribution in [3.63, 3.8) is 0 Å². The van der Waals surface area contributed by atoms with Crippen LogP contribution in [0.4, 0.5) is 0 Å². The molecule has 0 radical (unpaired) electrons. The van der Waals surface area contributed by atoms with Gasteiger partial charge < -0.3 is 5.32 Å². The van der Waals surface area contributed by atoms with Gasteiger partial charge in [0.05, 0.1) is 11.5 Å². The molecule has 0 atom stereocenters. The highest BCUT2D eigenvalue weighted by atomic mass is 35.5. The zero-order valence-corrected chi connectivity index (χ0v) is 15.5. The van der Waals surface area contributed by atoms with Crippen molar-refractivity contribution in [2.45, 2.75) is 25.0 Å². The molecule has 0 aliphatic rings. The Morgan fingerprint density at radius 2 is 1.72 bits per heavy atom. The van der Waals surface area contributed by atoms with E-state index in [4.69, 9.17) is 11.6 Å². The summed E-state index contributed by atoms with van der Waals surface area (Å²) in [6, 6.07) is 16.5. The molecular formula is C19H22ClNO3S. The molecule has 2 aromatic rings. The molecule has 134 valence electrons. The van der Waals surface area contributed by atoms with Crippen molar-refractivity contribution in [1.29, 1.82) is 0 Å². The molecule has 1 N–H and O–H groups in total. The summed E-state index contributed by atoms with van der Waals surface area (Å²) in [5.74, 6) is 0.0213. The van der Waals surface area contributed by atoms with Crippen LogP contribution in [-0.2, 0) is 26.8 Å². The predicted octanol–water partition coefficient (Wildman–Crippen LogP) is 3.39. The molecule has 0 bridgehead atoms. The Morgan fingerprint density at radius 1 is 1.00 bits per heavy atom. The van der Waals surface area contributed by atoms with E-state index < -0.39 is 9.84 Å². The average Bonchev–Trinajstić information content (AvgIpc) is 2.57. The Hall–Kier alpha value is -1.85. The van der Waals surface area contributed by atoms with Crippen molar-refractivity contribution in [3.05, 3.63) is 70.7 Å². The van der Waals surface area contributed by atoms with E-state index in [9.17, 15) is 13.2 Å². The molecule has 25 heavy (non-hydrogen) atoms. The van der Waals surface area contributed by atoms with Gasteiger partial charge in [0.25, 0.3) is 0 Å². The standard InChI is InChI=1S/C19H22ClNO3S/c20-18-9-4-8-16(14-18)10-11-19(22)21-12-5-13-25(23,24)15-17-6-2-1-3-7-17/h1-4,6-9,14H,5,10-13,15H2,(H,21,22). The van der Waals surface area contributed by atoms with Crippen molar-refractivity contribution >= 4 is 27.3 Å². The van der Waals surface area contributed by atoms with Crippen LogP contribution in [0.3, 0.4) is 0 Å². The van der Waals surface area contributed by atoms with Gasteiger partial charge in [0, 0.05) is 18.0 Å². The fourth-order valence-corrected chi connectivity index (χ4v) is 4.10. The Bertz CT molecular complexity index is 791. The minimum atomic E-state index is -3.16. The molecular weight excluding hydrogens is 358 g/mol. The first-order chi connectivity index (χ1) is 11.9. The molecule has 0 aromatic heterocycles. The minimum Gasteiger partial charge on any atom is -0.356 e. The summed E-state index contributed by atoms with van der Waals surface area (Å²) in [4.78, 5) is 11.8. The van der Waals surface area contributed by atoms with E-state index in [-0.39, 0.29) is 17.4 Å². The Morgan fingerprint density at radius 3 is 2.44 bits per heavy atom. The zero-order valence-electron chi connectivity index (χ0n) is 13.9. The molecule has 0 heterocycles. The molecule has 2 aromatic carbocycles. The van der Waals surface area contributed by atoms with Crippen LogP contribution in [0.5, 0.6) is 0 Å². The predicted molar refractivity (Wildman–Crippen MR) is 101 cm³/mol. The third kappa shape index (κ3) is 7.71. The van der Waals surface area contributed by atoms with E-state index >= 15 is 0 Å². The minimum absolute atomic E-state index is 0.0382. The number of amides is 1. The van der Waals surface area contributed by atoms with Crippen molar-refractivity contribution in [3.8, 4) is 0 Å². The van der Waals surface area contributed by atoms with Gasteiger partial charge in [0.2, 0.25) is 5.91 Å². The molecule has 0 saturated heterocycles. The van der Waals surface area contributed by atoms with E-state index in [0.717, 1.165) is 11.1 Å². The molecule has 6 heteroatoms. The van der Waals surface area contributed by atoms with Gasteiger partial charge in [-0.15, -0.1) is 0 Å². The first-order valence-corrected chi connectivity index (χ1v) is 10.4. The van der Waals surface area contributed by atoms with Crippen LogP contribution in [0.1, 0.15) is 24.0 Å². The lowest BCUT2D eigenvalue weighted by Gasteiger charge is -2.07. The van der Waals surface area contributed by atoms with Crippen molar-refractivity contribution in [1.82, 2.24) is 5.32 Å². The number of halogens is 1. The summed E-state index contributed by atoms with van der Waals surface area (Å²) in [5, 5.41) is 3.42. The molecule has 1 amide bonds. The first kappa shape index (κ1) is 19.5. The molecule has 0 saturated carbocycles. The number of aryl methyl sites for hydroxylation is 1. The van der Waals surface area contributed by atoms with E-state index in [0.29, 0.717) is 30.8 Å². The monoisotopic (exact) mass is 379 g/mol. The normalized spacial score (nSPS) is 11.2. The van der Waals surface area contributed by atoms with Crippen LogP contribution in [0.2, 0.25) is 5.02 Å². The van der Waals surface area contributed by atoms with Gasteiger partial charge in [-0.05, 0) is 36.1 Å². The van der Waals surface area contributed by atoms with Crippen molar-refractivity contribution < 1.29 is 13.2 Å². The van der Waals surface area contributed by atoms with Gasteiger partial charge in [-0.25, -0.2) is 8.42 Å². The highest BCUT2D eigenvalue weighted by Gasteiger charge is 2.12. The summed E-state index contributed by atoms with van der Waals surface area (Å²) in [5.41, 5.74) is 1.79. The van der Waals surface area contributed by atoms with Gasteiger partial charge in [-0.3, -0.25) is 4.79 Å². The maximum Gasteiger partial charge on any atom is 0.220 e. The summed E-state index contributed by atoms with van der Waals surface area (Å²) in [7, 11) is -3.16. The molecule has 0 aliphatic carbocycles. The first-order valence-electron chi connectivity index (χ1n) is 8.20. The van der Waals surface area contributed by atoms with Crippen LogP contribution >= 0.6 is 11.6 Å². The van der Waals surface area contributed by atoms with Gasteiger partial charge in [0.1, 0.15) is 0 Å². The number of carbonyl (C=O) groups excluding carboxylic acids is 1.